The van der Waals surface area contributed by atoms with Gasteiger partial charge in [0, 0.05) is 11.7 Å². The minimum atomic E-state index is -3.76. The van der Waals surface area contributed by atoms with Crippen molar-refractivity contribution in [3.8, 4) is 0 Å². The Bertz CT molecular complexity index is 818. The summed E-state index contributed by atoms with van der Waals surface area (Å²) in [5, 5.41) is 2.97. The lowest BCUT2D eigenvalue weighted by atomic mass is 10.1. The van der Waals surface area contributed by atoms with Crippen LogP contribution < -0.4 is 10.0 Å². The molecular weight excluding hydrogens is 348 g/mol. The van der Waals surface area contributed by atoms with Gasteiger partial charge in [0.15, 0.2) is 0 Å². The first-order valence-electron chi connectivity index (χ1n) is 7.43. The number of halogens is 1. The molecule has 0 aliphatic rings. The number of rotatable bonds is 6. The number of hydrogen-bond donors (Lipinski definition) is 2. The fourth-order valence-electron chi connectivity index (χ4n) is 2.12. The summed E-state index contributed by atoms with van der Waals surface area (Å²) >= 11 is 5.94. The number of hydrogen-bond acceptors (Lipinski definition) is 3. The molecule has 0 saturated carbocycles. The van der Waals surface area contributed by atoms with Crippen molar-refractivity contribution in [2.45, 2.75) is 31.2 Å². The summed E-state index contributed by atoms with van der Waals surface area (Å²) in [5.41, 5.74) is 1.21. The van der Waals surface area contributed by atoms with Gasteiger partial charge in [-0.15, -0.1) is 0 Å². The van der Waals surface area contributed by atoms with Crippen LogP contribution in [-0.4, -0.2) is 20.4 Å². The number of nitrogens with one attached hydrogen (secondary N) is 2. The van der Waals surface area contributed by atoms with Gasteiger partial charge in [-0.05, 0) is 43.7 Å². The highest BCUT2D eigenvalue weighted by Gasteiger charge is 2.17. The van der Waals surface area contributed by atoms with Gasteiger partial charge in [0.05, 0.1) is 11.4 Å². The van der Waals surface area contributed by atoms with Gasteiger partial charge in [0.1, 0.15) is 4.90 Å². The number of benzene rings is 2. The number of amides is 1. The molecule has 2 N–H and O–H groups in total. The topological polar surface area (TPSA) is 75.3 Å². The van der Waals surface area contributed by atoms with Gasteiger partial charge >= 0.3 is 0 Å². The van der Waals surface area contributed by atoms with E-state index >= 15 is 0 Å². The van der Waals surface area contributed by atoms with E-state index in [1.165, 1.54) is 12.1 Å². The van der Waals surface area contributed by atoms with E-state index in [1.54, 1.807) is 36.4 Å². The molecule has 1 amide bonds. The second-order valence-electron chi connectivity index (χ2n) is 5.63. The summed E-state index contributed by atoms with van der Waals surface area (Å²) in [6, 6.07) is 13.0. The smallest absolute Gasteiger partial charge is 0.263 e. The Morgan fingerprint density at radius 1 is 1.08 bits per heavy atom. The van der Waals surface area contributed by atoms with Crippen molar-refractivity contribution in [1.29, 1.82) is 0 Å². The number of carbonyl (C=O) groups is 1. The third-order valence-corrected chi connectivity index (χ3v) is 5.03. The quantitative estimate of drug-likeness (QED) is 0.824. The molecule has 0 radical (unpaired) electrons. The zero-order valence-corrected chi connectivity index (χ0v) is 15.0. The summed E-state index contributed by atoms with van der Waals surface area (Å²) in [6.07, 6.45) is 0.246. The van der Waals surface area contributed by atoms with E-state index in [4.69, 9.17) is 11.6 Å². The minimum Gasteiger partial charge on any atom is -0.354 e. The maximum absolute atomic E-state index is 12.3. The molecule has 24 heavy (non-hydrogen) atoms. The Hall–Kier alpha value is -2.05. The van der Waals surface area contributed by atoms with Gasteiger partial charge in [-0.3, -0.25) is 9.52 Å². The fourth-order valence-corrected chi connectivity index (χ4v) is 3.70. The van der Waals surface area contributed by atoms with Crippen LogP contribution in [-0.2, 0) is 21.2 Å². The van der Waals surface area contributed by atoms with Gasteiger partial charge in [0.2, 0.25) is 5.91 Å². The average Bonchev–Trinajstić information content (AvgIpc) is 2.48. The summed E-state index contributed by atoms with van der Waals surface area (Å²) in [5.74, 6) is -0.0746. The van der Waals surface area contributed by atoms with Crippen LogP contribution in [0, 0.1) is 0 Å². The van der Waals surface area contributed by atoms with E-state index in [1.807, 2.05) is 13.8 Å². The fraction of sp³-hybridized carbons (Fsp3) is 0.235. The van der Waals surface area contributed by atoms with Crippen LogP contribution in [0.25, 0.3) is 0 Å². The highest BCUT2D eigenvalue weighted by atomic mass is 35.5. The van der Waals surface area contributed by atoms with Gasteiger partial charge in [-0.2, -0.15) is 0 Å². The third-order valence-electron chi connectivity index (χ3n) is 3.15. The van der Waals surface area contributed by atoms with Gasteiger partial charge < -0.3 is 5.32 Å². The average molecular weight is 367 g/mol. The van der Waals surface area contributed by atoms with E-state index in [2.05, 4.69) is 10.0 Å². The third kappa shape index (κ3) is 4.97. The molecule has 0 aliphatic carbocycles. The number of anilines is 1. The highest BCUT2D eigenvalue weighted by molar-refractivity contribution is 7.92. The summed E-state index contributed by atoms with van der Waals surface area (Å²) in [6.45, 7) is 3.79. The van der Waals surface area contributed by atoms with E-state index in [0.29, 0.717) is 5.69 Å². The van der Waals surface area contributed by atoms with Crippen LogP contribution in [0.5, 0.6) is 0 Å². The maximum atomic E-state index is 12.3. The van der Waals surface area contributed by atoms with E-state index < -0.39 is 10.0 Å². The lowest BCUT2D eigenvalue weighted by Gasteiger charge is -2.11. The van der Waals surface area contributed by atoms with Crippen LogP contribution in [0.15, 0.2) is 53.4 Å². The Morgan fingerprint density at radius 3 is 2.29 bits per heavy atom. The van der Waals surface area contributed by atoms with Gasteiger partial charge in [-0.25, -0.2) is 8.42 Å². The molecule has 0 fully saturated rings. The van der Waals surface area contributed by atoms with E-state index in [0.717, 1.165) is 5.56 Å². The first-order valence-corrected chi connectivity index (χ1v) is 9.30. The van der Waals surface area contributed by atoms with E-state index in [9.17, 15) is 13.2 Å². The van der Waals surface area contributed by atoms with Crippen LogP contribution in [0.3, 0.4) is 0 Å². The van der Waals surface area contributed by atoms with Gasteiger partial charge in [-0.1, -0.05) is 35.9 Å². The van der Waals surface area contributed by atoms with Crippen molar-refractivity contribution < 1.29 is 13.2 Å². The van der Waals surface area contributed by atoms with Crippen LogP contribution in [0.2, 0.25) is 5.02 Å². The number of carbonyl (C=O) groups excluding carboxylic acids is 1. The largest absolute Gasteiger partial charge is 0.354 e. The molecule has 2 aromatic rings. The summed E-state index contributed by atoms with van der Waals surface area (Å²) in [4.78, 5) is 11.7. The van der Waals surface area contributed by atoms with Crippen LogP contribution in [0.1, 0.15) is 19.4 Å². The lowest BCUT2D eigenvalue weighted by Crippen LogP contribution is -2.31. The molecule has 0 bridgehead atoms. The molecule has 2 rings (SSSR count). The normalized spacial score (nSPS) is 11.3. The molecule has 0 heterocycles. The molecule has 0 aliphatic heterocycles. The summed E-state index contributed by atoms with van der Waals surface area (Å²) in [7, 11) is -3.76. The Morgan fingerprint density at radius 2 is 1.71 bits per heavy atom. The van der Waals surface area contributed by atoms with Crippen molar-refractivity contribution in [2.75, 3.05) is 4.72 Å². The van der Waals surface area contributed by atoms with Crippen molar-refractivity contribution in [1.82, 2.24) is 5.32 Å². The summed E-state index contributed by atoms with van der Waals surface area (Å²) < 4.78 is 27.2. The SMILES string of the molecule is CC(C)NC(=O)Cc1ccc(NS(=O)(=O)c2ccccc2Cl)cc1. The van der Waals surface area contributed by atoms with Crippen LogP contribution >= 0.6 is 11.6 Å². The number of sulfonamides is 1. The molecule has 5 nitrogen and oxygen atoms in total. The first-order chi connectivity index (χ1) is 11.3. The van der Waals surface area contributed by atoms with Gasteiger partial charge in [0.25, 0.3) is 10.0 Å². The molecule has 128 valence electrons. The highest BCUT2D eigenvalue weighted by Crippen LogP contribution is 2.23. The zero-order chi connectivity index (χ0) is 17.7. The molecule has 0 saturated heterocycles. The Kier molecular flexibility index (Phi) is 5.85. The second-order valence-corrected chi connectivity index (χ2v) is 7.69. The predicted molar refractivity (Wildman–Crippen MR) is 95.7 cm³/mol. The van der Waals surface area contributed by atoms with Crippen molar-refractivity contribution in [3.05, 3.63) is 59.1 Å². The predicted octanol–water partition coefficient (Wildman–Crippen LogP) is 3.21. The van der Waals surface area contributed by atoms with Crippen LogP contribution in [0.4, 0.5) is 5.69 Å². The minimum absolute atomic E-state index is 0.0204. The van der Waals surface area contributed by atoms with Crippen molar-refractivity contribution >= 4 is 33.2 Å². The molecule has 2 aromatic carbocycles. The Balaban J connectivity index is 2.09. The molecule has 7 heteroatoms. The van der Waals surface area contributed by atoms with E-state index in [-0.39, 0.29) is 28.3 Å². The molecule has 0 aromatic heterocycles. The zero-order valence-electron chi connectivity index (χ0n) is 13.4. The molecule has 0 unspecified atom stereocenters. The first kappa shape index (κ1) is 18.3. The lowest BCUT2D eigenvalue weighted by molar-refractivity contribution is -0.120. The maximum Gasteiger partial charge on any atom is 0.263 e. The molecule has 0 spiro atoms. The standard InChI is InChI=1S/C17H19ClN2O3S/c1-12(2)19-17(21)11-13-7-9-14(10-8-13)20-24(22,23)16-6-4-3-5-15(16)18/h3-10,12,20H,11H2,1-2H3,(H,19,21). The molecule has 0 atom stereocenters. The molecular formula is C17H19ClN2O3S. The monoisotopic (exact) mass is 366 g/mol. The Labute approximate surface area is 147 Å². The second kappa shape index (κ2) is 7.68. The van der Waals surface area contributed by atoms with Crippen molar-refractivity contribution in [3.63, 3.8) is 0 Å². The van der Waals surface area contributed by atoms with Crippen molar-refractivity contribution in [2.24, 2.45) is 0 Å².